The zero-order chi connectivity index (χ0) is 22.3. The number of aromatic hydroxyl groups is 1. The number of carbonyl (C=O) groups excluding carboxylic acids is 1. The quantitative estimate of drug-likeness (QED) is 0.462. The van der Waals surface area contributed by atoms with E-state index in [1.165, 1.54) is 17.7 Å². The largest absolute Gasteiger partial charge is 0.508 e. The molecular formula is C27H32O3. The molecule has 3 heteroatoms. The number of phenolic OH excluding ortho intramolecular Hbond substituents is 1. The van der Waals surface area contributed by atoms with E-state index in [2.05, 4.69) is 53.7 Å². The first kappa shape index (κ1) is 23.2. The number of phenols is 1. The van der Waals surface area contributed by atoms with E-state index < -0.39 is 0 Å². The Bertz CT molecular complexity index is 927. The number of rotatable bonds is 4. The van der Waals surface area contributed by atoms with Crippen LogP contribution in [0.1, 0.15) is 63.0 Å². The lowest BCUT2D eigenvalue weighted by molar-refractivity contribution is 0.103. The van der Waals surface area contributed by atoms with Gasteiger partial charge in [0.15, 0.2) is 5.78 Å². The number of hydrogen-bond donors (Lipinski definition) is 1. The highest BCUT2D eigenvalue weighted by molar-refractivity contribution is 6.09. The number of ether oxygens (including phenoxy) is 1. The summed E-state index contributed by atoms with van der Waals surface area (Å²) in [6, 6.07) is 21.3. The number of ketones is 1. The van der Waals surface area contributed by atoms with Gasteiger partial charge >= 0.3 is 0 Å². The Morgan fingerprint density at radius 1 is 0.733 bits per heavy atom. The van der Waals surface area contributed by atoms with Crippen molar-refractivity contribution in [3.63, 3.8) is 0 Å². The summed E-state index contributed by atoms with van der Waals surface area (Å²) >= 11 is 0. The normalized spacial score (nSPS) is 10.9. The summed E-state index contributed by atoms with van der Waals surface area (Å²) in [5.41, 5.74) is 2.47. The summed E-state index contributed by atoms with van der Waals surface area (Å²) in [5, 5.41) is 9.32. The Morgan fingerprint density at radius 2 is 1.10 bits per heavy atom. The summed E-state index contributed by atoms with van der Waals surface area (Å²) in [6.45, 7) is 13.0. The third-order valence-corrected chi connectivity index (χ3v) is 4.20. The van der Waals surface area contributed by atoms with Gasteiger partial charge in [-0.1, -0.05) is 53.7 Å². The minimum atomic E-state index is -0.0916. The highest BCUT2D eigenvalue weighted by atomic mass is 16.5. The molecule has 0 aromatic heterocycles. The average molecular weight is 405 g/mol. The summed E-state index contributed by atoms with van der Waals surface area (Å²) in [6.07, 6.45) is 0. The number of carbonyl (C=O) groups is 1. The van der Waals surface area contributed by atoms with E-state index in [-0.39, 0.29) is 16.9 Å². The van der Waals surface area contributed by atoms with Gasteiger partial charge in [0.05, 0.1) is 0 Å². The smallest absolute Gasteiger partial charge is 0.193 e. The van der Waals surface area contributed by atoms with Crippen LogP contribution in [-0.4, -0.2) is 10.9 Å². The van der Waals surface area contributed by atoms with Gasteiger partial charge in [0, 0.05) is 11.1 Å². The Balaban J connectivity index is 0.000000735. The topological polar surface area (TPSA) is 46.5 Å². The molecule has 0 saturated heterocycles. The number of benzene rings is 3. The molecule has 30 heavy (non-hydrogen) atoms. The molecule has 0 saturated carbocycles. The molecule has 0 fully saturated rings. The zero-order valence-electron chi connectivity index (χ0n) is 18.8. The molecule has 0 aliphatic heterocycles. The Kier molecular flexibility index (Phi) is 7.82. The number of hydrogen-bond acceptors (Lipinski definition) is 3. The highest BCUT2D eigenvalue weighted by Gasteiger charge is 2.13. The predicted octanol–water partition coefficient (Wildman–Crippen LogP) is 7.38. The van der Waals surface area contributed by atoms with Crippen LogP contribution in [0, 0.1) is 5.92 Å². The van der Waals surface area contributed by atoms with Gasteiger partial charge < -0.3 is 9.84 Å². The van der Waals surface area contributed by atoms with Crippen LogP contribution in [0.25, 0.3) is 0 Å². The third-order valence-electron chi connectivity index (χ3n) is 4.20. The van der Waals surface area contributed by atoms with Gasteiger partial charge in [-0.25, -0.2) is 0 Å². The summed E-state index contributed by atoms with van der Waals surface area (Å²) < 4.78 is 5.86. The van der Waals surface area contributed by atoms with E-state index in [4.69, 9.17) is 4.74 Å². The van der Waals surface area contributed by atoms with Crippen molar-refractivity contribution in [3.8, 4) is 17.2 Å². The minimum absolute atomic E-state index is 0.0916. The standard InChI is InChI=1S/C23H22O3.C4H10/c1-23(2,3)18-8-14-21(15-9-18)26-20-12-6-17(7-13-20)22(25)16-4-10-19(24)11-5-16;1-4(2)3/h4-15,24H,1-3H3;4H,1-3H3. The second kappa shape index (κ2) is 10.1. The van der Waals surface area contributed by atoms with Gasteiger partial charge in [-0.2, -0.15) is 0 Å². The molecule has 0 aliphatic rings. The van der Waals surface area contributed by atoms with Crippen LogP contribution in [-0.2, 0) is 5.41 Å². The van der Waals surface area contributed by atoms with Crippen molar-refractivity contribution in [2.75, 3.05) is 0 Å². The zero-order valence-corrected chi connectivity index (χ0v) is 18.8. The van der Waals surface area contributed by atoms with Gasteiger partial charge in [0.1, 0.15) is 17.2 Å². The van der Waals surface area contributed by atoms with Crippen LogP contribution < -0.4 is 4.74 Å². The SMILES string of the molecule is CC(C)(C)c1ccc(Oc2ccc(C(=O)c3ccc(O)cc3)cc2)cc1.CC(C)C. The van der Waals surface area contributed by atoms with Crippen molar-refractivity contribution < 1.29 is 14.6 Å². The first-order chi connectivity index (χ1) is 14.1. The van der Waals surface area contributed by atoms with Gasteiger partial charge in [0.2, 0.25) is 0 Å². The van der Waals surface area contributed by atoms with E-state index in [0.29, 0.717) is 16.9 Å². The highest BCUT2D eigenvalue weighted by Crippen LogP contribution is 2.27. The lowest BCUT2D eigenvalue weighted by Gasteiger charge is -2.19. The van der Waals surface area contributed by atoms with Crippen LogP contribution in [0.3, 0.4) is 0 Å². The van der Waals surface area contributed by atoms with Crippen LogP contribution in [0.15, 0.2) is 72.8 Å². The molecule has 158 valence electrons. The molecule has 3 rings (SSSR count). The molecule has 0 aliphatic carbocycles. The molecule has 0 atom stereocenters. The fraction of sp³-hybridized carbons (Fsp3) is 0.296. The van der Waals surface area contributed by atoms with Crippen LogP contribution >= 0.6 is 0 Å². The maximum atomic E-state index is 12.4. The Hall–Kier alpha value is -3.07. The summed E-state index contributed by atoms with van der Waals surface area (Å²) in [4.78, 5) is 12.4. The van der Waals surface area contributed by atoms with Crippen LogP contribution in [0.4, 0.5) is 0 Å². The fourth-order valence-corrected chi connectivity index (χ4v) is 2.61. The molecule has 0 unspecified atom stereocenters. The van der Waals surface area contributed by atoms with Crippen LogP contribution in [0.5, 0.6) is 17.2 Å². The fourth-order valence-electron chi connectivity index (χ4n) is 2.61. The lowest BCUT2D eigenvalue weighted by atomic mass is 9.87. The van der Waals surface area contributed by atoms with Crippen molar-refractivity contribution in [1.29, 1.82) is 0 Å². The molecular weight excluding hydrogens is 372 g/mol. The second-order valence-corrected chi connectivity index (χ2v) is 9.01. The van der Waals surface area contributed by atoms with E-state index in [9.17, 15) is 9.90 Å². The van der Waals surface area contributed by atoms with Gasteiger partial charge in [-0.15, -0.1) is 0 Å². The predicted molar refractivity (Wildman–Crippen MR) is 124 cm³/mol. The molecule has 0 bridgehead atoms. The van der Waals surface area contributed by atoms with Gasteiger partial charge in [-0.3, -0.25) is 4.79 Å². The molecule has 0 amide bonds. The van der Waals surface area contributed by atoms with E-state index in [0.717, 1.165) is 11.7 Å². The van der Waals surface area contributed by atoms with Crippen LogP contribution in [0.2, 0.25) is 0 Å². The maximum absolute atomic E-state index is 12.4. The van der Waals surface area contributed by atoms with Crippen molar-refractivity contribution in [2.24, 2.45) is 5.92 Å². The molecule has 0 radical (unpaired) electrons. The van der Waals surface area contributed by atoms with Gasteiger partial charge in [0.25, 0.3) is 0 Å². The second-order valence-electron chi connectivity index (χ2n) is 9.01. The summed E-state index contributed by atoms with van der Waals surface area (Å²) in [7, 11) is 0. The first-order valence-electron chi connectivity index (χ1n) is 10.3. The molecule has 0 spiro atoms. The van der Waals surface area contributed by atoms with Crippen molar-refractivity contribution in [2.45, 2.75) is 47.0 Å². The van der Waals surface area contributed by atoms with Crippen molar-refractivity contribution >= 4 is 5.78 Å². The van der Waals surface area contributed by atoms with Crippen molar-refractivity contribution in [1.82, 2.24) is 0 Å². The molecule has 1 N–H and O–H groups in total. The monoisotopic (exact) mass is 404 g/mol. The Labute approximate surface area is 180 Å². The molecule has 3 nitrogen and oxygen atoms in total. The molecule has 0 heterocycles. The van der Waals surface area contributed by atoms with E-state index in [1.807, 2.05) is 12.1 Å². The maximum Gasteiger partial charge on any atom is 0.193 e. The summed E-state index contributed by atoms with van der Waals surface area (Å²) in [5.74, 6) is 2.32. The minimum Gasteiger partial charge on any atom is -0.508 e. The van der Waals surface area contributed by atoms with Gasteiger partial charge in [-0.05, 0) is 77.6 Å². The van der Waals surface area contributed by atoms with E-state index in [1.54, 1.807) is 36.4 Å². The average Bonchev–Trinajstić information content (AvgIpc) is 2.68. The first-order valence-corrected chi connectivity index (χ1v) is 10.3. The van der Waals surface area contributed by atoms with Crippen molar-refractivity contribution in [3.05, 3.63) is 89.5 Å². The van der Waals surface area contributed by atoms with E-state index >= 15 is 0 Å². The Morgan fingerprint density at radius 3 is 1.50 bits per heavy atom. The lowest BCUT2D eigenvalue weighted by Crippen LogP contribution is -2.10. The molecule has 3 aromatic carbocycles. The molecule has 3 aromatic rings. The third kappa shape index (κ3) is 7.07.